The monoisotopic (exact) mass is 401 g/mol. The fraction of sp³-hybridized carbons (Fsp3) is 0.133. The van der Waals surface area contributed by atoms with Crippen LogP contribution in [0, 0.1) is 3.57 Å². The standard InChI is InChI=1S/C15H13ClINO2/c16-12-8-10(17)6-7-11(12)13(14(18)15(19)20)9-4-2-1-3-5-9/h1-8,13-14H,18H2,(H,19,20). The first-order valence-corrected chi connectivity index (χ1v) is 7.44. The summed E-state index contributed by atoms with van der Waals surface area (Å²) in [6.07, 6.45) is 0. The summed E-state index contributed by atoms with van der Waals surface area (Å²) in [6.45, 7) is 0. The Labute approximate surface area is 135 Å². The average Bonchev–Trinajstić information content (AvgIpc) is 2.42. The first kappa shape index (κ1) is 15.3. The highest BCUT2D eigenvalue weighted by Gasteiger charge is 2.28. The zero-order valence-corrected chi connectivity index (χ0v) is 13.4. The predicted octanol–water partition coefficient (Wildman–Crippen LogP) is 3.49. The Morgan fingerprint density at radius 1 is 1.20 bits per heavy atom. The van der Waals surface area contributed by atoms with Crippen molar-refractivity contribution in [1.29, 1.82) is 0 Å². The van der Waals surface area contributed by atoms with Gasteiger partial charge in [-0.2, -0.15) is 0 Å². The van der Waals surface area contributed by atoms with E-state index in [1.165, 1.54) is 0 Å². The van der Waals surface area contributed by atoms with Crippen LogP contribution in [-0.4, -0.2) is 17.1 Å². The number of hydrogen-bond donors (Lipinski definition) is 2. The summed E-state index contributed by atoms with van der Waals surface area (Å²) in [5.41, 5.74) is 7.44. The highest BCUT2D eigenvalue weighted by molar-refractivity contribution is 14.1. The SMILES string of the molecule is NC(C(=O)O)C(c1ccccc1)c1ccc(I)cc1Cl. The van der Waals surface area contributed by atoms with Gasteiger partial charge in [-0.1, -0.05) is 48.0 Å². The van der Waals surface area contributed by atoms with Crippen LogP contribution < -0.4 is 5.73 Å². The molecule has 20 heavy (non-hydrogen) atoms. The van der Waals surface area contributed by atoms with Crippen LogP contribution in [-0.2, 0) is 4.79 Å². The van der Waals surface area contributed by atoms with Gasteiger partial charge in [-0.15, -0.1) is 0 Å². The summed E-state index contributed by atoms with van der Waals surface area (Å²) in [5, 5.41) is 9.78. The Bertz CT molecular complexity index is 619. The van der Waals surface area contributed by atoms with Crippen LogP contribution in [0.4, 0.5) is 0 Å². The second-order valence-corrected chi connectivity index (χ2v) is 6.07. The lowest BCUT2D eigenvalue weighted by Gasteiger charge is -2.23. The van der Waals surface area contributed by atoms with E-state index < -0.39 is 17.9 Å². The molecule has 2 aromatic rings. The van der Waals surface area contributed by atoms with Crippen LogP contribution >= 0.6 is 34.2 Å². The molecule has 2 aromatic carbocycles. The minimum absolute atomic E-state index is 0.474. The molecule has 0 bridgehead atoms. The summed E-state index contributed by atoms with van der Waals surface area (Å²) >= 11 is 8.43. The van der Waals surface area contributed by atoms with Crippen molar-refractivity contribution >= 4 is 40.2 Å². The van der Waals surface area contributed by atoms with Gasteiger partial charge in [0.05, 0.1) is 0 Å². The topological polar surface area (TPSA) is 63.3 Å². The van der Waals surface area contributed by atoms with Gasteiger partial charge >= 0.3 is 5.97 Å². The summed E-state index contributed by atoms with van der Waals surface area (Å²) in [6, 6.07) is 13.8. The van der Waals surface area contributed by atoms with Crippen molar-refractivity contribution in [3.05, 3.63) is 68.3 Å². The molecule has 0 aliphatic rings. The highest BCUT2D eigenvalue weighted by atomic mass is 127. The van der Waals surface area contributed by atoms with E-state index in [2.05, 4.69) is 22.6 Å². The minimum Gasteiger partial charge on any atom is -0.480 e. The van der Waals surface area contributed by atoms with Gasteiger partial charge in [-0.3, -0.25) is 4.79 Å². The molecule has 0 saturated heterocycles. The first-order valence-electron chi connectivity index (χ1n) is 5.99. The Balaban J connectivity index is 2.54. The van der Waals surface area contributed by atoms with Crippen molar-refractivity contribution in [2.24, 2.45) is 5.73 Å². The molecule has 0 aromatic heterocycles. The molecule has 3 N–H and O–H groups in total. The van der Waals surface area contributed by atoms with Gasteiger partial charge in [0.1, 0.15) is 6.04 Å². The summed E-state index contributed by atoms with van der Waals surface area (Å²) < 4.78 is 0.993. The highest BCUT2D eigenvalue weighted by Crippen LogP contribution is 2.33. The smallest absolute Gasteiger partial charge is 0.321 e. The molecule has 0 saturated carbocycles. The molecular weight excluding hydrogens is 389 g/mol. The van der Waals surface area contributed by atoms with Gasteiger partial charge in [-0.05, 0) is 45.9 Å². The van der Waals surface area contributed by atoms with Crippen LogP contribution in [0.2, 0.25) is 5.02 Å². The van der Waals surface area contributed by atoms with Crippen LogP contribution in [0.1, 0.15) is 17.0 Å². The maximum atomic E-state index is 11.3. The Kier molecular flexibility index (Phi) is 5.01. The molecular formula is C15H13ClINO2. The molecule has 0 aliphatic heterocycles. The minimum atomic E-state index is -1.05. The van der Waals surface area contributed by atoms with E-state index in [0.29, 0.717) is 5.02 Å². The third-order valence-electron chi connectivity index (χ3n) is 3.10. The molecule has 0 spiro atoms. The average molecular weight is 402 g/mol. The Morgan fingerprint density at radius 2 is 1.85 bits per heavy atom. The number of nitrogens with two attached hydrogens (primary N) is 1. The number of benzene rings is 2. The van der Waals surface area contributed by atoms with Gasteiger partial charge in [0.25, 0.3) is 0 Å². The number of rotatable bonds is 4. The predicted molar refractivity (Wildman–Crippen MR) is 88.1 cm³/mol. The van der Waals surface area contributed by atoms with Gasteiger partial charge in [0.15, 0.2) is 0 Å². The molecule has 0 radical (unpaired) electrons. The van der Waals surface area contributed by atoms with Crippen LogP contribution in [0.25, 0.3) is 0 Å². The van der Waals surface area contributed by atoms with Gasteiger partial charge in [0, 0.05) is 14.5 Å². The third kappa shape index (κ3) is 3.31. The lowest BCUT2D eigenvalue weighted by atomic mass is 9.85. The van der Waals surface area contributed by atoms with E-state index in [1.54, 1.807) is 0 Å². The lowest BCUT2D eigenvalue weighted by molar-refractivity contribution is -0.138. The molecule has 3 nitrogen and oxygen atoms in total. The van der Waals surface area contributed by atoms with E-state index in [9.17, 15) is 9.90 Å². The maximum Gasteiger partial charge on any atom is 0.321 e. The molecule has 0 heterocycles. The van der Waals surface area contributed by atoms with Crippen LogP contribution in [0.15, 0.2) is 48.5 Å². The number of carboxylic acids is 1. The van der Waals surface area contributed by atoms with Crippen molar-refractivity contribution in [3.8, 4) is 0 Å². The molecule has 2 unspecified atom stereocenters. The zero-order valence-electron chi connectivity index (χ0n) is 10.5. The van der Waals surface area contributed by atoms with Crippen molar-refractivity contribution in [1.82, 2.24) is 0 Å². The largest absolute Gasteiger partial charge is 0.480 e. The van der Waals surface area contributed by atoms with E-state index in [-0.39, 0.29) is 0 Å². The first-order chi connectivity index (χ1) is 9.50. The molecule has 0 aliphatic carbocycles. The number of carbonyl (C=O) groups is 1. The van der Waals surface area contributed by atoms with E-state index >= 15 is 0 Å². The second-order valence-electron chi connectivity index (χ2n) is 4.42. The van der Waals surface area contributed by atoms with Crippen LogP contribution in [0.3, 0.4) is 0 Å². The van der Waals surface area contributed by atoms with E-state index in [0.717, 1.165) is 14.7 Å². The Morgan fingerprint density at radius 3 is 2.40 bits per heavy atom. The molecule has 2 atom stereocenters. The van der Waals surface area contributed by atoms with E-state index in [4.69, 9.17) is 17.3 Å². The zero-order chi connectivity index (χ0) is 14.7. The number of carboxylic acid groups (broad SMARTS) is 1. The number of aliphatic carboxylic acids is 1. The molecule has 2 rings (SSSR count). The third-order valence-corrected chi connectivity index (χ3v) is 4.10. The van der Waals surface area contributed by atoms with Crippen LogP contribution in [0.5, 0.6) is 0 Å². The fourth-order valence-corrected chi connectivity index (χ4v) is 3.11. The molecule has 104 valence electrons. The maximum absolute atomic E-state index is 11.3. The summed E-state index contributed by atoms with van der Waals surface area (Å²) in [5.74, 6) is -1.52. The van der Waals surface area contributed by atoms with Gasteiger partial charge in [-0.25, -0.2) is 0 Å². The van der Waals surface area contributed by atoms with Gasteiger partial charge in [0.2, 0.25) is 0 Å². The van der Waals surface area contributed by atoms with Crippen molar-refractivity contribution in [3.63, 3.8) is 0 Å². The number of hydrogen-bond acceptors (Lipinski definition) is 2. The second kappa shape index (κ2) is 6.56. The molecule has 0 fully saturated rings. The van der Waals surface area contributed by atoms with Crippen molar-refractivity contribution in [2.75, 3.05) is 0 Å². The fourth-order valence-electron chi connectivity index (χ4n) is 2.14. The lowest BCUT2D eigenvalue weighted by Crippen LogP contribution is -2.37. The molecule has 0 amide bonds. The van der Waals surface area contributed by atoms with Crippen molar-refractivity contribution in [2.45, 2.75) is 12.0 Å². The summed E-state index contributed by atoms with van der Waals surface area (Å²) in [7, 11) is 0. The van der Waals surface area contributed by atoms with Gasteiger partial charge < -0.3 is 10.8 Å². The van der Waals surface area contributed by atoms with Crippen molar-refractivity contribution < 1.29 is 9.90 Å². The molecule has 5 heteroatoms. The summed E-state index contributed by atoms with van der Waals surface area (Å²) in [4.78, 5) is 11.3. The van der Waals surface area contributed by atoms with E-state index in [1.807, 2.05) is 48.5 Å². The number of halogens is 2. The Hall–Kier alpha value is -1.11. The quantitative estimate of drug-likeness (QED) is 0.771. The normalized spacial score (nSPS) is 13.8.